The van der Waals surface area contributed by atoms with Gasteiger partial charge in [0.15, 0.2) is 0 Å². The smallest absolute Gasteiger partial charge is 0.418 e. The van der Waals surface area contributed by atoms with Crippen molar-refractivity contribution in [1.82, 2.24) is 15.1 Å². The normalized spacial score (nSPS) is 24.4. The summed E-state index contributed by atoms with van der Waals surface area (Å²) in [7, 11) is 1.53. The molecule has 1 saturated heterocycles. The Balaban J connectivity index is 1.23. The first-order valence-corrected chi connectivity index (χ1v) is 12.9. The van der Waals surface area contributed by atoms with E-state index in [2.05, 4.69) is 22.8 Å². The topological polar surface area (TPSA) is 108 Å². The van der Waals surface area contributed by atoms with Crippen LogP contribution in [0.3, 0.4) is 0 Å². The van der Waals surface area contributed by atoms with Gasteiger partial charge in [0.2, 0.25) is 11.5 Å². The number of fused-ring (bicyclic) bond motifs is 3. The number of aryl methyl sites for hydroxylation is 2. The van der Waals surface area contributed by atoms with E-state index >= 15 is 0 Å². The van der Waals surface area contributed by atoms with Crippen LogP contribution in [0.15, 0.2) is 42.5 Å². The maximum absolute atomic E-state index is 13.7. The van der Waals surface area contributed by atoms with Gasteiger partial charge in [-0.2, -0.15) is 0 Å². The number of nitrogens with zero attached hydrogens (tertiary/aromatic N) is 2. The number of carbonyl (C=O) groups excluding carboxylic acids is 4. The molecule has 2 N–H and O–H groups in total. The summed E-state index contributed by atoms with van der Waals surface area (Å²) in [5.41, 5.74) is 3.00. The van der Waals surface area contributed by atoms with E-state index in [0.29, 0.717) is 36.6 Å². The molecule has 9 nitrogen and oxygen atoms in total. The van der Waals surface area contributed by atoms with E-state index in [1.807, 2.05) is 17.0 Å². The van der Waals surface area contributed by atoms with Gasteiger partial charge in [-0.3, -0.25) is 9.59 Å². The molecular weight excluding hydrogens is 472 g/mol. The number of amides is 5. The Morgan fingerprint density at radius 1 is 1.03 bits per heavy atom. The monoisotopic (exact) mass is 502 g/mol. The van der Waals surface area contributed by atoms with E-state index in [4.69, 9.17) is 4.74 Å². The van der Waals surface area contributed by atoms with Crippen LogP contribution in [0.2, 0.25) is 0 Å². The lowest BCUT2D eigenvalue weighted by Gasteiger charge is -2.31. The molecule has 2 aliphatic carbocycles. The van der Waals surface area contributed by atoms with Crippen molar-refractivity contribution in [2.45, 2.75) is 56.7 Å². The third-order valence-corrected chi connectivity index (χ3v) is 8.19. The summed E-state index contributed by atoms with van der Waals surface area (Å²) in [5, 5.41) is 5.22. The second kappa shape index (κ2) is 8.90. The number of rotatable bonds is 4. The van der Waals surface area contributed by atoms with E-state index in [9.17, 15) is 19.2 Å². The predicted octanol–water partition coefficient (Wildman–Crippen LogP) is 3.31. The standard InChI is InChI=1S/C28H30N4O5/c1-29-26(35)30-21-9-10-22-19(14-21)12-13-28(22)25(34)32(27(36)37-28)16-24(33)31-15-20-5-3-2-4-17(20)8-11-23(31)18-6-7-18/h2-5,9-10,14,18,23H,6-8,11-13,15-16H2,1H3,(H2,29,30,35)/t23-,28+/m0/s1. The zero-order valence-electron chi connectivity index (χ0n) is 20.8. The summed E-state index contributed by atoms with van der Waals surface area (Å²) < 4.78 is 5.73. The lowest BCUT2D eigenvalue weighted by molar-refractivity contribution is -0.143. The van der Waals surface area contributed by atoms with Gasteiger partial charge in [-0.1, -0.05) is 30.3 Å². The summed E-state index contributed by atoms with van der Waals surface area (Å²) >= 11 is 0. The molecule has 1 saturated carbocycles. The number of benzene rings is 2. The van der Waals surface area contributed by atoms with E-state index in [1.165, 1.54) is 12.6 Å². The summed E-state index contributed by atoms with van der Waals surface area (Å²) in [6.45, 7) is 0.165. The molecule has 2 atom stereocenters. The number of carbonyl (C=O) groups is 4. The lowest BCUT2D eigenvalue weighted by Crippen LogP contribution is -2.48. The molecule has 0 radical (unpaired) electrons. The number of urea groups is 1. The third kappa shape index (κ3) is 4.02. The fourth-order valence-electron chi connectivity index (χ4n) is 6.11. The highest BCUT2D eigenvalue weighted by Gasteiger charge is 2.58. The molecule has 192 valence electrons. The summed E-state index contributed by atoms with van der Waals surface area (Å²) in [6, 6.07) is 13.1. The van der Waals surface area contributed by atoms with E-state index in [1.54, 1.807) is 18.2 Å². The Labute approximate surface area is 215 Å². The van der Waals surface area contributed by atoms with Crippen molar-refractivity contribution < 1.29 is 23.9 Å². The van der Waals surface area contributed by atoms with Crippen LogP contribution in [0.1, 0.15) is 47.9 Å². The Bertz CT molecular complexity index is 1310. The van der Waals surface area contributed by atoms with Gasteiger partial charge in [0.1, 0.15) is 6.54 Å². The van der Waals surface area contributed by atoms with Crippen molar-refractivity contribution >= 4 is 29.6 Å². The summed E-state index contributed by atoms with van der Waals surface area (Å²) in [4.78, 5) is 54.8. The van der Waals surface area contributed by atoms with E-state index in [0.717, 1.165) is 41.7 Å². The van der Waals surface area contributed by atoms with Crippen LogP contribution < -0.4 is 10.6 Å². The first kappa shape index (κ1) is 23.5. The van der Waals surface area contributed by atoms with Gasteiger partial charge >= 0.3 is 12.1 Å². The van der Waals surface area contributed by atoms with Crippen LogP contribution in [0.4, 0.5) is 15.3 Å². The van der Waals surface area contributed by atoms with Crippen molar-refractivity contribution in [3.8, 4) is 0 Å². The minimum Gasteiger partial charge on any atom is -0.427 e. The molecule has 2 fully saturated rings. The van der Waals surface area contributed by atoms with Gasteiger partial charge in [-0.25, -0.2) is 14.5 Å². The Morgan fingerprint density at radius 3 is 2.57 bits per heavy atom. The Hall–Kier alpha value is -3.88. The summed E-state index contributed by atoms with van der Waals surface area (Å²) in [5.74, 6) is -0.237. The molecule has 6 rings (SSSR count). The van der Waals surface area contributed by atoms with Crippen molar-refractivity contribution in [3.05, 3.63) is 64.7 Å². The molecule has 37 heavy (non-hydrogen) atoms. The van der Waals surface area contributed by atoms with Gasteiger partial charge in [-0.15, -0.1) is 0 Å². The molecule has 0 bridgehead atoms. The van der Waals surface area contributed by atoms with Crippen molar-refractivity contribution in [3.63, 3.8) is 0 Å². The predicted molar refractivity (Wildman–Crippen MR) is 135 cm³/mol. The van der Waals surface area contributed by atoms with E-state index in [-0.39, 0.29) is 24.5 Å². The van der Waals surface area contributed by atoms with Crippen molar-refractivity contribution in [1.29, 1.82) is 0 Å². The number of nitrogens with one attached hydrogen (secondary N) is 2. The molecule has 2 aliphatic heterocycles. The zero-order chi connectivity index (χ0) is 25.7. The lowest BCUT2D eigenvalue weighted by atomic mass is 9.94. The van der Waals surface area contributed by atoms with Gasteiger partial charge in [0.25, 0.3) is 5.91 Å². The SMILES string of the molecule is CNC(=O)Nc1ccc2c(c1)CC[C@@]21OC(=O)N(CC(=O)N2Cc3ccccc3CC[C@H]2C2CC2)C1=O. The molecule has 2 heterocycles. The third-order valence-electron chi connectivity index (χ3n) is 8.19. The number of hydrogen-bond donors (Lipinski definition) is 2. The highest BCUT2D eigenvalue weighted by molar-refractivity contribution is 6.06. The van der Waals surface area contributed by atoms with Gasteiger partial charge in [0.05, 0.1) is 0 Å². The second-order valence-corrected chi connectivity index (χ2v) is 10.4. The van der Waals surface area contributed by atoms with Crippen LogP contribution in [-0.2, 0) is 39.3 Å². The van der Waals surface area contributed by atoms with Crippen LogP contribution in [0, 0.1) is 5.92 Å². The molecule has 1 spiro atoms. The van der Waals surface area contributed by atoms with Gasteiger partial charge in [-0.05, 0) is 66.8 Å². The minimum atomic E-state index is -1.42. The Morgan fingerprint density at radius 2 is 1.81 bits per heavy atom. The number of anilines is 1. The van der Waals surface area contributed by atoms with Gasteiger partial charge < -0.3 is 20.3 Å². The molecular formula is C28H30N4O5. The van der Waals surface area contributed by atoms with Crippen molar-refractivity contribution in [2.75, 3.05) is 18.9 Å². The highest BCUT2D eigenvalue weighted by atomic mass is 16.6. The summed E-state index contributed by atoms with van der Waals surface area (Å²) in [6.07, 6.45) is 4.06. The number of ether oxygens (including phenoxy) is 1. The van der Waals surface area contributed by atoms with Crippen LogP contribution in [-0.4, -0.2) is 53.4 Å². The quantitative estimate of drug-likeness (QED) is 0.667. The zero-order valence-corrected chi connectivity index (χ0v) is 20.8. The molecule has 0 aromatic heterocycles. The molecule has 4 aliphatic rings. The van der Waals surface area contributed by atoms with E-state index < -0.39 is 17.6 Å². The molecule has 5 amide bonds. The number of hydrogen-bond acceptors (Lipinski definition) is 5. The molecule has 9 heteroatoms. The first-order valence-electron chi connectivity index (χ1n) is 12.9. The first-order chi connectivity index (χ1) is 17.9. The fraction of sp³-hybridized carbons (Fsp3) is 0.429. The largest absolute Gasteiger partial charge is 0.427 e. The highest BCUT2D eigenvalue weighted by Crippen LogP contribution is 2.46. The van der Waals surface area contributed by atoms with Crippen molar-refractivity contribution in [2.24, 2.45) is 5.92 Å². The van der Waals surface area contributed by atoms with Crippen LogP contribution in [0.25, 0.3) is 0 Å². The minimum absolute atomic E-state index is 0.112. The maximum Gasteiger partial charge on any atom is 0.418 e. The second-order valence-electron chi connectivity index (χ2n) is 10.4. The van der Waals surface area contributed by atoms with Gasteiger partial charge in [0, 0.05) is 37.3 Å². The average molecular weight is 503 g/mol. The van der Waals surface area contributed by atoms with Crippen LogP contribution in [0.5, 0.6) is 0 Å². The average Bonchev–Trinajstić information content (AvgIpc) is 3.66. The number of imide groups is 1. The molecule has 0 unspecified atom stereocenters. The fourth-order valence-corrected chi connectivity index (χ4v) is 6.11. The molecule has 2 aromatic rings. The molecule has 2 aromatic carbocycles. The Kier molecular flexibility index (Phi) is 5.66. The maximum atomic E-state index is 13.7. The van der Waals surface area contributed by atoms with Crippen LogP contribution >= 0.6 is 0 Å².